The van der Waals surface area contributed by atoms with Crippen molar-refractivity contribution in [3.63, 3.8) is 0 Å². The van der Waals surface area contributed by atoms with Gasteiger partial charge in [-0.1, -0.05) is 11.6 Å². The molecule has 9 heteroatoms. The zero-order valence-electron chi connectivity index (χ0n) is 13.1. The Morgan fingerprint density at radius 2 is 1.81 bits per heavy atom. The van der Waals surface area contributed by atoms with Crippen LogP contribution in [0.2, 0.25) is 5.02 Å². The molecule has 26 heavy (non-hydrogen) atoms. The fourth-order valence-corrected chi connectivity index (χ4v) is 2.58. The SMILES string of the molecule is O=C(Nc1ccc(F)c(F)c1)C1CNC(=O)N(c2ccc(Cl)cc2)C1=O. The summed E-state index contributed by atoms with van der Waals surface area (Å²) in [6.45, 7) is -0.211. The minimum atomic E-state index is -1.23. The molecule has 0 aromatic heterocycles. The van der Waals surface area contributed by atoms with E-state index in [1.54, 1.807) is 0 Å². The number of hydrogen-bond acceptors (Lipinski definition) is 3. The Morgan fingerprint density at radius 1 is 1.12 bits per heavy atom. The molecule has 1 fully saturated rings. The van der Waals surface area contributed by atoms with Crippen molar-refractivity contribution in [1.29, 1.82) is 0 Å². The minimum absolute atomic E-state index is 0.00311. The molecule has 2 N–H and O–H groups in total. The van der Waals surface area contributed by atoms with Gasteiger partial charge < -0.3 is 10.6 Å². The summed E-state index contributed by atoms with van der Waals surface area (Å²) < 4.78 is 26.2. The monoisotopic (exact) mass is 379 g/mol. The van der Waals surface area contributed by atoms with Gasteiger partial charge in [0.05, 0.1) is 5.69 Å². The van der Waals surface area contributed by atoms with Crippen LogP contribution in [-0.4, -0.2) is 24.4 Å². The van der Waals surface area contributed by atoms with Crippen molar-refractivity contribution >= 4 is 40.8 Å². The molecule has 0 spiro atoms. The molecule has 2 aromatic carbocycles. The summed E-state index contributed by atoms with van der Waals surface area (Å²) in [6, 6.07) is 8.09. The van der Waals surface area contributed by atoms with Gasteiger partial charge in [0.1, 0.15) is 5.92 Å². The van der Waals surface area contributed by atoms with Crippen LogP contribution < -0.4 is 15.5 Å². The first-order valence-electron chi connectivity index (χ1n) is 7.50. The number of benzene rings is 2. The van der Waals surface area contributed by atoms with Gasteiger partial charge in [0, 0.05) is 23.3 Å². The van der Waals surface area contributed by atoms with Crippen LogP contribution in [0.1, 0.15) is 0 Å². The molecule has 0 aliphatic carbocycles. The average Bonchev–Trinajstić information content (AvgIpc) is 2.60. The van der Waals surface area contributed by atoms with Crippen molar-refractivity contribution in [3.8, 4) is 0 Å². The maximum Gasteiger partial charge on any atom is 0.328 e. The highest BCUT2D eigenvalue weighted by Gasteiger charge is 2.39. The first kappa shape index (κ1) is 17.8. The maximum atomic E-state index is 13.2. The molecule has 1 unspecified atom stereocenters. The summed E-state index contributed by atoms with van der Waals surface area (Å²) >= 11 is 5.79. The topological polar surface area (TPSA) is 78.5 Å². The number of rotatable bonds is 3. The number of urea groups is 1. The lowest BCUT2D eigenvalue weighted by Gasteiger charge is -2.30. The molecular weight excluding hydrogens is 368 g/mol. The molecule has 134 valence electrons. The van der Waals surface area contributed by atoms with E-state index in [0.717, 1.165) is 17.0 Å². The quantitative estimate of drug-likeness (QED) is 0.805. The van der Waals surface area contributed by atoms with Crippen LogP contribution in [0.25, 0.3) is 0 Å². The third-order valence-corrected chi connectivity index (χ3v) is 4.02. The summed E-state index contributed by atoms with van der Waals surface area (Å²) in [5, 5.41) is 5.21. The lowest BCUT2D eigenvalue weighted by Crippen LogP contribution is -2.58. The largest absolute Gasteiger partial charge is 0.336 e. The average molecular weight is 380 g/mol. The van der Waals surface area contributed by atoms with E-state index in [-0.39, 0.29) is 17.9 Å². The fourth-order valence-electron chi connectivity index (χ4n) is 2.45. The Balaban J connectivity index is 1.80. The van der Waals surface area contributed by atoms with Crippen LogP contribution in [-0.2, 0) is 9.59 Å². The summed E-state index contributed by atoms with van der Waals surface area (Å²) in [5.41, 5.74) is 0.249. The van der Waals surface area contributed by atoms with E-state index in [0.29, 0.717) is 5.02 Å². The zero-order valence-corrected chi connectivity index (χ0v) is 13.9. The number of anilines is 2. The molecule has 1 atom stereocenters. The Hall–Kier alpha value is -3.00. The Morgan fingerprint density at radius 3 is 2.46 bits per heavy atom. The van der Waals surface area contributed by atoms with E-state index >= 15 is 0 Å². The molecule has 3 rings (SSSR count). The molecule has 1 aliphatic heterocycles. The van der Waals surface area contributed by atoms with Crippen molar-refractivity contribution in [1.82, 2.24) is 5.32 Å². The van der Waals surface area contributed by atoms with Gasteiger partial charge in [-0.25, -0.2) is 18.5 Å². The van der Waals surface area contributed by atoms with Crippen molar-refractivity contribution in [2.45, 2.75) is 0 Å². The highest BCUT2D eigenvalue weighted by Crippen LogP contribution is 2.23. The second-order valence-corrected chi connectivity index (χ2v) is 5.94. The predicted octanol–water partition coefficient (Wildman–Crippen LogP) is 2.93. The van der Waals surface area contributed by atoms with Gasteiger partial charge >= 0.3 is 6.03 Å². The van der Waals surface area contributed by atoms with Crippen LogP contribution in [0, 0.1) is 17.6 Å². The molecule has 6 nitrogen and oxygen atoms in total. The van der Waals surface area contributed by atoms with Gasteiger partial charge in [0.15, 0.2) is 11.6 Å². The summed E-state index contributed by atoms with van der Waals surface area (Å²) in [6.07, 6.45) is 0. The first-order valence-corrected chi connectivity index (χ1v) is 7.88. The van der Waals surface area contributed by atoms with Crippen molar-refractivity contribution in [2.75, 3.05) is 16.8 Å². The number of imide groups is 1. The normalized spacial score (nSPS) is 17.0. The fraction of sp³-hybridized carbons (Fsp3) is 0.118. The molecule has 4 amide bonds. The number of hydrogen-bond donors (Lipinski definition) is 2. The summed E-state index contributed by atoms with van der Waals surface area (Å²) in [5.74, 6) is -4.90. The highest BCUT2D eigenvalue weighted by molar-refractivity contribution is 6.30. The third kappa shape index (κ3) is 3.50. The second-order valence-electron chi connectivity index (χ2n) is 5.51. The van der Waals surface area contributed by atoms with Crippen molar-refractivity contribution < 1.29 is 23.2 Å². The van der Waals surface area contributed by atoms with Crippen molar-refractivity contribution in [3.05, 3.63) is 59.1 Å². The molecule has 1 aliphatic rings. The van der Waals surface area contributed by atoms with Crippen LogP contribution in [0.3, 0.4) is 0 Å². The van der Waals surface area contributed by atoms with Gasteiger partial charge in [0.25, 0.3) is 0 Å². The lowest BCUT2D eigenvalue weighted by atomic mass is 10.0. The van der Waals surface area contributed by atoms with Gasteiger partial charge in [-0.15, -0.1) is 0 Å². The Labute approximate surface area is 151 Å². The molecular formula is C17H12ClF2N3O3. The molecule has 2 aromatic rings. The first-order chi connectivity index (χ1) is 12.4. The number of carbonyl (C=O) groups is 3. The molecule has 0 radical (unpaired) electrons. The van der Waals surface area contributed by atoms with Crippen molar-refractivity contribution in [2.24, 2.45) is 5.92 Å². The molecule has 0 bridgehead atoms. The van der Waals surface area contributed by atoms with E-state index < -0.39 is 35.4 Å². The van der Waals surface area contributed by atoms with Crippen LogP contribution in [0.4, 0.5) is 25.0 Å². The number of nitrogens with one attached hydrogen (secondary N) is 2. The second kappa shape index (κ2) is 7.09. The van der Waals surface area contributed by atoms with Crippen LogP contribution in [0.15, 0.2) is 42.5 Å². The Bertz CT molecular complexity index is 889. The van der Waals surface area contributed by atoms with Gasteiger partial charge in [-0.2, -0.15) is 0 Å². The third-order valence-electron chi connectivity index (χ3n) is 3.77. The van der Waals surface area contributed by atoms with E-state index in [4.69, 9.17) is 11.6 Å². The molecule has 1 saturated heterocycles. The van der Waals surface area contributed by atoms with E-state index in [1.165, 1.54) is 30.3 Å². The van der Waals surface area contributed by atoms with Gasteiger partial charge in [-0.05, 0) is 36.4 Å². The van der Waals surface area contributed by atoms with E-state index in [2.05, 4.69) is 10.6 Å². The lowest BCUT2D eigenvalue weighted by molar-refractivity contribution is -0.130. The summed E-state index contributed by atoms with van der Waals surface area (Å²) in [7, 11) is 0. The van der Waals surface area contributed by atoms with Gasteiger partial charge in [-0.3, -0.25) is 9.59 Å². The molecule has 1 heterocycles. The predicted molar refractivity (Wildman–Crippen MR) is 90.8 cm³/mol. The summed E-state index contributed by atoms with van der Waals surface area (Å²) in [4.78, 5) is 37.8. The van der Waals surface area contributed by atoms with E-state index in [1.807, 2.05) is 0 Å². The smallest absolute Gasteiger partial charge is 0.328 e. The number of amides is 4. The maximum absolute atomic E-state index is 13.2. The number of nitrogens with zero attached hydrogens (tertiary/aromatic N) is 1. The van der Waals surface area contributed by atoms with Gasteiger partial charge in [0.2, 0.25) is 11.8 Å². The number of halogens is 3. The van der Waals surface area contributed by atoms with Crippen LogP contribution in [0.5, 0.6) is 0 Å². The highest BCUT2D eigenvalue weighted by atomic mass is 35.5. The molecule has 0 saturated carbocycles. The number of carbonyl (C=O) groups excluding carboxylic acids is 3. The van der Waals surface area contributed by atoms with E-state index in [9.17, 15) is 23.2 Å². The Kier molecular flexibility index (Phi) is 4.85. The van der Waals surface area contributed by atoms with Crippen LogP contribution >= 0.6 is 11.6 Å². The minimum Gasteiger partial charge on any atom is -0.336 e. The standard InChI is InChI=1S/C17H12ClF2N3O3/c18-9-1-4-11(5-2-9)23-16(25)12(8-21-17(23)26)15(24)22-10-3-6-13(19)14(20)7-10/h1-7,12H,8H2,(H,21,26)(H,22,24). The zero-order chi connectivity index (χ0) is 18.8.